The smallest absolute Gasteiger partial charge is 0.137 e. The molecule has 0 saturated carbocycles. The van der Waals surface area contributed by atoms with Crippen molar-refractivity contribution in [1.29, 1.82) is 0 Å². The van der Waals surface area contributed by atoms with Gasteiger partial charge in [0.2, 0.25) is 0 Å². The number of aromatic nitrogens is 2. The Kier molecular flexibility index (Phi) is 5.62. The average molecular weight is 562 g/mol. The van der Waals surface area contributed by atoms with Gasteiger partial charge in [-0.1, -0.05) is 74.5 Å². The predicted octanol–water partition coefficient (Wildman–Crippen LogP) is 10.4. The number of ether oxygens (including phenoxy) is 1. The van der Waals surface area contributed by atoms with Crippen molar-refractivity contribution < 1.29 is 4.74 Å². The number of thiophene rings is 1. The molecule has 4 aromatic carbocycles. The van der Waals surface area contributed by atoms with E-state index in [2.05, 4.69) is 96.5 Å². The quantitative estimate of drug-likeness (QED) is 0.214. The Hall–Kier alpha value is -5.00. The topological polar surface area (TPSA) is 38.2 Å². The zero-order valence-corrected chi connectivity index (χ0v) is 24.1. The molecule has 4 nitrogen and oxygen atoms in total. The van der Waals surface area contributed by atoms with Crippen LogP contribution in [-0.4, -0.2) is 9.97 Å². The van der Waals surface area contributed by atoms with E-state index in [1.54, 1.807) is 0 Å². The number of fused-ring (bicyclic) bond motifs is 6. The molecule has 0 radical (unpaired) electrons. The Balaban J connectivity index is 1.31. The number of nitrogens with zero attached hydrogens (tertiary/aromatic N) is 3. The molecule has 0 aliphatic carbocycles. The third-order valence-corrected chi connectivity index (χ3v) is 9.40. The Labute approximate surface area is 248 Å². The lowest BCUT2D eigenvalue weighted by atomic mass is 9.73. The highest BCUT2D eigenvalue weighted by atomic mass is 32.1. The first-order valence-electron chi connectivity index (χ1n) is 14.1. The number of hydrogen-bond acceptors (Lipinski definition) is 5. The highest BCUT2D eigenvalue weighted by molar-refractivity contribution is 7.26. The van der Waals surface area contributed by atoms with Gasteiger partial charge < -0.3 is 4.74 Å². The van der Waals surface area contributed by atoms with Crippen LogP contribution in [0.15, 0.2) is 128 Å². The van der Waals surface area contributed by atoms with Gasteiger partial charge in [-0.25, -0.2) is 4.98 Å². The second kappa shape index (κ2) is 9.54. The Morgan fingerprint density at radius 2 is 1.45 bits per heavy atom. The lowest BCUT2D eigenvalue weighted by molar-refractivity contribution is 0.482. The molecule has 42 heavy (non-hydrogen) atoms. The first-order valence-corrected chi connectivity index (χ1v) is 14.9. The van der Waals surface area contributed by atoms with Crippen molar-refractivity contribution in [2.45, 2.75) is 19.3 Å². The summed E-state index contributed by atoms with van der Waals surface area (Å²) in [5.41, 5.74) is 6.50. The van der Waals surface area contributed by atoms with Gasteiger partial charge in [-0.05, 0) is 59.7 Å². The molecule has 8 rings (SSSR count). The number of hydrogen-bond donors (Lipinski definition) is 0. The van der Waals surface area contributed by atoms with E-state index in [4.69, 9.17) is 9.72 Å². The van der Waals surface area contributed by atoms with E-state index < -0.39 is 0 Å². The van der Waals surface area contributed by atoms with E-state index in [0.29, 0.717) is 0 Å². The third kappa shape index (κ3) is 3.89. The number of benzene rings is 4. The van der Waals surface area contributed by atoms with Crippen molar-refractivity contribution in [3.63, 3.8) is 0 Å². The third-order valence-electron chi connectivity index (χ3n) is 8.21. The highest BCUT2D eigenvalue weighted by Crippen LogP contribution is 2.56. The molecular formula is C37H27N3OS. The van der Waals surface area contributed by atoms with Crippen molar-refractivity contribution in [3.8, 4) is 22.8 Å². The van der Waals surface area contributed by atoms with E-state index in [-0.39, 0.29) is 5.41 Å². The van der Waals surface area contributed by atoms with Crippen LogP contribution >= 0.6 is 11.3 Å². The van der Waals surface area contributed by atoms with Gasteiger partial charge in [0.25, 0.3) is 0 Å². The maximum absolute atomic E-state index is 6.51. The highest BCUT2D eigenvalue weighted by Gasteiger charge is 2.39. The summed E-state index contributed by atoms with van der Waals surface area (Å²) in [5.74, 6) is 2.43. The van der Waals surface area contributed by atoms with E-state index in [1.807, 2.05) is 66.2 Å². The number of rotatable bonds is 4. The number of pyridine rings is 2. The fraction of sp³-hybridized carbons (Fsp3) is 0.0811. The van der Waals surface area contributed by atoms with Crippen LogP contribution in [0.25, 0.3) is 31.4 Å². The van der Waals surface area contributed by atoms with Gasteiger partial charge in [0.1, 0.15) is 17.3 Å². The standard InChI is InChI=1S/C37H27N3OS/c1-37(2)29-18-16-26(41-25-11-9-10-24(22-25)31-13-5-7-20-38-31)23-32(29)40(34-15-6-8-21-39-34)35-30(37)19-17-28-27-12-3-4-14-33(27)42-36(28)35/h3-23H,1-2H3. The molecule has 0 bridgehead atoms. The molecule has 5 heteroatoms. The number of anilines is 3. The Morgan fingerprint density at radius 1 is 0.667 bits per heavy atom. The van der Waals surface area contributed by atoms with Gasteiger partial charge in [0.15, 0.2) is 0 Å². The molecule has 0 amide bonds. The minimum absolute atomic E-state index is 0.224. The molecule has 0 fully saturated rings. The molecule has 0 unspecified atom stereocenters. The molecule has 202 valence electrons. The fourth-order valence-corrected chi connectivity index (χ4v) is 7.41. The molecule has 0 saturated heterocycles. The van der Waals surface area contributed by atoms with Crippen LogP contribution < -0.4 is 9.64 Å². The summed E-state index contributed by atoms with van der Waals surface area (Å²) in [4.78, 5) is 11.7. The summed E-state index contributed by atoms with van der Waals surface area (Å²) in [6, 6.07) is 39.9. The van der Waals surface area contributed by atoms with Gasteiger partial charge in [0.05, 0.1) is 21.8 Å². The summed E-state index contributed by atoms with van der Waals surface area (Å²) in [5, 5.41) is 2.56. The van der Waals surface area contributed by atoms with E-state index in [9.17, 15) is 0 Å². The van der Waals surface area contributed by atoms with E-state index >= 15 is 0 Å². The maximum Gasteiger partial charge on any atom is 0.137 e. The monoisotopic (exact) mass is 561 g/mol. The van der Waals surface area contributed by atoms with Crippen molar-refractivity contribution in [1.82, 2.24) is 9.97 Å². The molecule has 0 N–H and O–H groups in total. The second-order valence-corrected chi connectivity index (χ2v) is 12.2. The van der Waals surface area contributed by atoms with Crippen LogP contribution in [0, 0.1) is 0 Å². The lowest BCUT2D eigenvalue weighted by Crippen LogP contribution is -2.31. The minimum Gasteiger partial charge on any atom is -0.457 e. The molecule has 3 aromatic heterocycles. The van der Waals surface area contributed by atoms with E-state index in [0.717, 1.165) is 34.3 Å². The van der Waals surface area contributed by atoms with Gasteiger partial charge in [-0.15, -0.1) is 11.3 Å². The largest absolute Gasteiger partial charge is 0.457 e. The first kappa shape index (κ1) is 24.8. The van der Waals surface area contributed by atoms with Crippen molar-refractivity contribution in [3.05, 3.63) is 139 Å². The maximum atomic E-state index is 6.51. The zero-order chi connectivity index (χ0) is 28.3. The van der Waals surface area contributed by atoms with Gasteiger partial charge in [-0.3, -0.25) is 9.88 Å². The van der Waals surface area contributed by atoms with Crippen LogP contribution in [0.4, 0.5) is 17.2 Å². The van der Waals surface area contributed by atoms with E-state index in [1.165, 1.54) is 37.0 Å². The predicted molar refractivity (Wildman–Crippen MR) is 174 cm³/mol. The van der Waals surface area contributed by atoms with Crippen molar-refractivity contribution >= 4 is 48.7 Å². The van der Waals surface area contributed by atoms with Gasteiger partial charge in [0, 0.05) is 44.9 Å². The Bertz CT molecular complexity index is 2100. The molecule has 0 spiro atoms. The second-order valence-electron chi connectivity index (χ2n) is 11.1. The summed E-state index contributed by atoms with van der Waals surface area (Å²) in [6.07, 6.45) is 3.68. The first-order chi connectivity index (χ1) is 20.6. The normalized spacial score (nSPS) is 13.6. The average Bonchev–Trinajstić information content (AvgIpc) is 3.41. The summed E-state index contributed by atoms with van der Waals surface area (Å²) in [6.45, 7) is 4.63. The van der Waals surface area contributed by atoms with Crippen LogP contribution in [0.3, 0.4) is 0 Å². The summed E-state index contributed by atoms with van der Waals surface area (Å²) < 4.78 is 9.07. The summed E-state index contributed by atoms with van der Waals surface area (Å²) in [7, 11) is 0. The van der Waals surface area contributed by atoms with Crippen molar-refractivity contribution in [2.24, 2.45) is 0 Å². The zero-order valence-electron chi connectivity index (χ0n) is 23.3. The fourth-order valence-electron chi connectivity index (χ4n) is 6.17. The van der Waals surface area contributed by atoms with Gasteiger partial charge in [-0.2, -0.15) is 0 Å². The lowest BCUT2D eigenvalue weighted by Gasteiger charge is -2.41. The molecule has 0 atom stereocenters. The van der Waals surface area contributed by atoms with Crippen LogP contribution in [0.1, 0.15) is 25.0 Å². The molecule has 4 heterocycles. The summed E-state index contributed by atoms with van der Waals surface area (Å²) >= 11 is 1.85. The van der Waals surface area contributed by atoms with Crippen LogP contribution in [0.2, 0.25) is 0 Å². The van der Waals surface area contributed by atoms with Crippen molar-refractivity contribution in [2.75, 3.05) is 4.90 Å². The van der Waals surface area contributed by atoms with Gasteiger partial charge >= 0.3 is 0 Å². The minimum atomic E-state index is -0.224. The molecular weight excluding hydrogens is 534 g/mol. The molecule has 7 aromatic rings. The SMILES string of the molecule is CC1(C)c2ccc(Oc3cccc(-c4ccccn4)c3)cc2N(c2ccccn2)c2c1ccc1c2sc2ccccc21. The molecule has 1 aliphatic rings. The Morgan fingerprint density at radius 3 is 2.29 bits per heavy atom. The van der Waals surface area contributed by atoms with Crippen LogP contribution in [0.5, 0.6) is 11.5 Å². The van der Waals surface area contributed by atoms with Crippen LogP contribution in [-0.2, 0) is 5.41 Å². The molecule has 1 aliphatic heterocycles.